The van der Waals surface area contributed by atoms with E-state index in [1.54, 1.807) is 6.26 Å². The molecule has 0 aliphatic carbocycles. The zero-order valence-electron chi connectivity index (χ0n) is 5.37. The Morgan fingerprint density at radius 2 is 2.56 bits per heavy atom. The molecule has 50 valence electrons. The third kappa shape index (κ3) is 1.33. The summed E-state index contributed by atoms with van der Waals surface area (Å²) in [6, 6.07) is 0. The van der Waals surface area contributed by atoms with Crippen LogP contribution in [0.3, 0.4) is 0 Å². The van der Waals surface area contributed by atoms with Gasteiger partial charge in [0.05, 0.1) is 12.9 Å². The van der Waals surface area contributed by atoms with Crippen molar-refractivity contribution in [1.82, 2.24) is 0 Å². The molecule has 1 heterocycles. The van der Waals surface area contributed by atoms with Crippen LogP contribution in [0.5, 0.6) is 0 Å². The highest BCUT2D eigenvalue weighted by atomic mass is 16.5. The van der Waals surface area contributed by atoms with Gasteiger partial charge in [-0.1, -0.05) is 6.08 Å². The van der Waals surface area contributed by atoms with Crippen LogP contribution in [0.1, 0.15) is 6.92 Å². The van der Waals surface area contributed by atoms with E-state index in [9.17, 15) is 0 Å². The van der Waals surface area contributed by atoms with Crippen LogP contribution in [-0.2, 0) is 4.74 Å². The first kappa shape index (κ1) is 6.36. The van der Waals surface area contributed by atoms with Gasteiger partial charge in [-0.3, -0.25) is 0 Å². The van der Waals surface area contributed by atoms with Crippen LogP contribution >= 0.6 is 0 Å². The molecule has 0 fully saturated rings. The second kappa shape index (κ2) is 2.69. The minimum atomic E-state index is -0.116. The third-order valence-corrected chi connectivity index (χ3v) is 1.35. The highest BCUT2D eigenvalue weighted by Gasteiger charge is 2.09. The van der Waals surface area contributed by atoms with E-state index in [4.69, 9.17) is 9.84 Å². The van der Waals surface area contributed by atoms with E-state index in [2.05, 4.69) is 0 Å². The third-order valence-electron chi connectivity index (χ3n) is 1.35. The molecule has 1 rings (SSSR count). The average Bonchev–Trinajstić information content (AvgIpc) is 1.89. The largest absolute Gasteiger partial charge is 0.491 e. The topological polar surface area (TPSA) is 29.5 Å². The maximum Gasteiger partial charge on any atom is 0.142 e. The molecule has 0 aromatic heterocycles. The lowest BCUT2D eigenvalue weighted by atomic mass is 10.1. The molecule has 0 saturated carbocycles. The Morgan fingerprint density at radius 3 is 3.00 bits per heavy atom. The molecule has 0 aromatic carbocycles. The predicted molar refractivity (Wildman–Crippen MR) is 34.9 cm³/mol. The monoisotopic (exact) mass is 126 g/mol. The van der Waals surface area contributed by atoms with Crippen molar-refractivity contribution in [2.45, 2.75) is 13.0 Å². The fourth-order valence-corrected chi connectivity index (χ4v) is 0.733. The summed E-state index contributed by atoms with van der Waals surface area (Å²) in [6.45, 7) is 2.00. The fraction of sp³-hybridized carbons (Fsp3) is 0.429. The molecule has 0 bridgehead atoms. The van der Waals surface area contributed by atoms with E-state index in [1.807, 2.05) is 19.1 Å². The lowest BCUT2D eigenvalue weighted by Gasteiger charge is -2.16. The van der Waals surface area contributed by atoms with E-state index in [0.29, 0.717) is 0 Å². The summed E-state index contributed by atoms with van der Waals surface area (Å²) in [4.78, 5) is 0. The standard InChI is InChI=1S/C7H10O2/c1-6-3-2-4-9-7(6)5-8/h2-4,7-8H,5H2,1H3. The van der Waals surface area contributed by atoms with Crippen molar-refractivity contribution in [3.63, 3.8) is 0 Å². The Balaban J connectivity index is 2.59. The van der Waals surface area contributed by atoms with Gasteiger partial charge in [0.15, 0.2) is 0 Å². The number of allylic oxidation sites excluding steroid dienone is 2. The van der Waals surface area contributed by atoms with Gasteiger partial charge in [-0.05, 0) is 18.6 Å². The van der Waals surface area contributed by atoms with Crippen molar-refractivity contribution in [3.05, 3.63) is 24.0 Å². The number of ether oxygens (including phenoxy) is 1. The van der Waals surface area contributed by atoms with Crippen LogP contribution in [0.2, 0.25) is 0 Å². The molecule has 0 amide bonds. The van der Waals surface area contributed by atoms with Crippen molar-refractivity contribution in [2.24, 2.45) is 0 Å². The maximum absolute atomic E-state index is 8.66. The molecule has 0 radical (unpaired) electrons. The molecular weight excluding hydrogens is 116 g/mol. The zero-order valence-corrected chi connectivity index (χ0v) is 5.37. The molecule has 1 unspecified atom stereocenters. The maximum atomic E-state index is 8.66. The zero-order chi connectivity index (χ0) is 6.69. The number of hydrogen-bond acceptors (Lipinski definition) is 2. The van der Waals surface area contributed by atoms with Crippen LogP contribution in [0.4, 0.5) is 0 Å². The van der Waals surface area contributed by atoms with Crippen LogP contribution < -0.4 is 0 Å². The highest BCUT2D eigenvalue weighted by molar-refractivity contribution is 5.16. The van der Waals surface area contributed by atoms with E-state index < -0.39 is 0 Å². The normalized spacial score (nSPS) is 25.1. The number of aliphatic hydroxyl groups is 1. The molecule has 1 N–H and O–H groups in total. The molecule has 2 heteroatoms. The first-order valence-corrected chi connectivity index (χ1v) is 2.94. The molecule has 0 spiro atoms. The van der Waals surface area contributed by atoms with Gasteiger partial charge in [-0.2, -0.15) is 0 Å². The molecular formula is C7H10O2. The van der Waals surface area contributed by atoms with Crippen LogP contribution in [0, 0.1) is 0 Å². The first-order valence-electron chi connectivity index (χ1n) is 2.94. The van der Waals surface area contributed by atoms with Gasteiger partial charge in [0.1, 0.15) is 6.10 Å². The number of hydrogen-bond donors (Lipinski definition) is 1. The summed E-state index contributed by atoms with van der Waals surface area (Å²) in [6.07, 6.45) is 5.23. The molecule has 0 aromatic rings. The molecule has 1 aliphatic rings. The fourth-order valence-electron chi connectivity index (χ4n) is 0.733. The second-order valence-electron chi connectivity index (χ2n) is 2.05. The van der Waals surface area contributed by atoms with Gasteiger partial charge in [0.25, 0.3) is 0 Å². The van der Waals surface area contributed by atoms with Crippen LogP contribution in [0.25, 0.3) is 0 Å². The van der Waals surface area contributed by atoms with Gasteiger partial charge >= 0.3 is 0 Å². The Morgan fingerprint density at radius 1 is 1.78 bits per heavy atom. The Hall–Kier alpha value is -0.760. The average molecular weight is 126 g/mol. The van der Waals surface area contributed by atoms with E-state index in [0.717, 1.165) is 5.57 Å². The van der Waals surface area contributed by atoms with Gasteiger partial charge < -0.3 is 9.84 Å². The number of aliphatic hydroxyl groups excluding tert-OH is 1. The van der Waals surface area contributed by atoms with Crippen molar-refractivity contribution in [1.29, 1.82) is 0 Å². The van der Waals surface area contributed by atoms with Crippen molar-refractivity contribution < 1.29 is 9.84 Å². The molecule has 1 aliphatic heterocycles. The molecule has 0 saturated heterocycles. The highest BCUT2D eigenvalue weighted by Crippen LogP contribution is 2.10. The Labute approximate surface area is 54.5 Å². The quantitative estimate of drug-likeness (QED) is 0.564. The van der Waals surface area contributed by atoms with E-state index in [-0.39, 0.29) is 12.7 Å². The number of rotatable bonds is 1. The minimum Gasteiger partial charge on any atom is -0.491 e. The second-order valence-corrected chi connectivity index (χ2v) is 2.05. The smallest absolute Gasteiger partial charge is 0.142 e. The van der Waals surface area contributed by atoms with E-state index >= 15 is 0 Å². The van der Waals surface area contributed by atoms with Crippen molar-refractivity contribution in [2.75, 3.05) is 6.61 Å². The minimum absolute atomic E-state index is 0.0622. The summed E-state index contributed by atoms with van der Waals surface area (Å²) in [7, 11) is 0. The summed E-state index contributed by atoms with van der Waals surface area (Å²) in [5.41, 5.74) is 1.07. The van der Waals surface area contributed by atoms with Crippen molar-refractivity contribution >= 4 is 0 Å². The Kier molecular flexibility index (Phi) is 1.90. The molecule has 1 atom stereocenters. The van der Waals surface area contributed by atoms with Gasteiger partial charge in [0.2, 0.25) is 0 Å². The molecule has 2 nitrogen and oxygen atoms in total. The SMILES string of the molecule is CC1=CC=COC1CO. The van der Waals surface area contributed by atoms with Crippen LogP contribution in [-0.4, -0.2) is 17.8 Å². The van der Waals surface area contributed by atoms with E-state index in [1.165, 1.54) is 0 Å². The first-order chi connectivity index (χ1) is 4.34. The lowest BCUT2D eigenvalue weighted by molar-refractivity contribution is 0.101. The van der Waals surface area contributed by atoms with Crippen molar-refractivity contribution in [3.8, 4) is 0 Å². The van der Waals surface area contributed by atoms with Gasteiger partial charge in [-0.15, -0.1) is 0 Å². The van der Waals surface area contributed by atoms with Gasteiger partial charge in [0, 0.05) is 0 Å². The van der Waals surface area contributed by atoms with Crippen LogP contribution in [0.15, 0.2) is 24.0 Å². The summed E-state index contributed by atoms with van der Waals surface area (Å²) in [5.74, 6) is 0. The van der Waals surface area contributed by atoms with Gasteiger partial charge in [-0.25, -0.2) is 0 Å². The predicted octanol–water partition coefficient (Wildman–Crippen LogP) is 0.837. The molecule has 9 heavy (non-hydrogen) atoms. The summed E-state index contributed by atoms with van der Waals surface area (Å²) in [5, 5.41) is 8.66. The summed E-state index contributed by atoms with van der Waals surface area (Å²) >= 11 is 0. The summed E-state index contributed by atoms with van der Waals surface area (Å²) < 4.78 is 5.04. The lowest BCUT2D eigenvalue weighted by Crippen LogP contribution is -2.17. The Bertz CT molecular complexity index is 147.